The molecule has 0 saturated carbocycles. The third-order valence-corrected chi connectivity index (χ3v) is 3.77. The standard InChI is InChI=1S/C14H19N3O3S/c1-9(2)11(18)7-15-12(19)3-4-13-16-14(17-20-13)10-5-6-21-8-10/h5-6,8-9,11,18H,3-4,7H2,1-2H3,(H,15,19). The van der Waals surface area contributed by atoms with Crippen LogP contribution in [0.15, 0.2) is 21.3 Å². The highest BCUT2D eigenvalue weighted by atomic mass is 32.1. The molecule has 1 amide bonds. The molecule has 2 N–H and O–H groups in total. The normalized spacial score (nSPS) is 12.6. The van der Waals surface area contributed by atoms with E-state index < -0.39 is 6.10 Å². The van der Waals surface area contributed by atoms with Crippen LogP contribution in [0.25, 0.3) is 11.4 Å². The maximum atomic E-state index is 11.7. The molecule has 0 bridgehead atoms. The Balaban J connectivity index is 1.77. The number of rotatable bonds is 7. The molecule has 0 aliphatic rings. The highest BCUT2D eigenvalue weighted by Gasteiger charge is 2.13. The monoisotopic (exact) mass is 309 g/mol. The summed E-state index contributed by atoms with van der Waals surface area (Å²) in [6, 6.07) is 1.92. The van der Waals surface area contributed by atoms with Gasteiger partial charge >= 0.3 is 0 Å². The molecule has 1 unspecified atom stereocenters. The van der Waals surface area contributed by atoms with Gasteiger partial charge in [0.1, 0.15) is 0 Å². The lowest BCUT2D eigenvalue weighted by atomic mass is 10.1. The van der Waals surface area contributed by atoms with Crippen LogP contribution < -0.4 is 5.32 Å². The Kier molecular flexibility index (Phi) is 5.46. The minimum absolute atomic E-state index is 0.120. The zero-order chi connectivity index (χ0) is 15.2. The fraction of sp³-hybridized carbons (Fsp3) is 0.500. The summed E-state index contributed by atoms with van der Waals surface area (Å²) in [5, 5.41) is 20.1. The third kappa shape index (κ3) is 4.64. The first-order valence-electron chi connectivity index (χ1n) is 6.86. The highest BCUT2D eigenvalue weighted by Crippen LogP contribution is 2.18. The van der Waals surface area contributed by atoms with Crippen LogP contribution in [0.4, 0.5) is 0 Å². The number of thiophene rings is 1. The van der Waals surface area contributed by atoms with Crippen molar-refractivity contribution < 1.29 is 14.4 Å². The van der Waals surface area contributed by atoms with Crippen LogP contribution in [0.1, 0.15) is 26.2 Å². The van der Waals surface area contributed by atoms with Gasteiger partial charge in [0.15, 0.2) is 0 Å². The fourth-order valence-corrected chi connectivity index (χ4v) is 2.26. The molecule has 2 aromatic heterocycles. The van der Waals surface area contributed by atoms with Crippen LogP contribution in [0, 0.1) is 5.92 Å². The minimum Gasteiger partial charge on any atom is -0.391 e. The van der Waals surface area contributed by atoms with Crippen molar-refractivity contribution in [3.05, 3.63) is 22.7 Å². The van der Waals surface area contributed by atoms with Gasteiger partial charge < -0.3 is 14.9 Å². The Bertz CT molecular complexity index is 566. The van der Waals surface area contributed by atoms with E-state index >= 15 is 0 Å². The van der Waals surface area contributed by atoms with Crippen LogP contribution in [0.3, 0.4) is 0 Å². The SMILES string of the molecule is CC(C)C(O)CNC(=O)CCc1nc(-c2ccsc2)no1. The summed E-state index contributed by atoms with van der Waals surface area (Å²) in [5.41, 5.74) is 0.916. The van der Waals surface area contributed by atoms with E-state index in [4.69, 9.17) is 4.52 Å². The van der Waals surface area contributed by atoms with Crippen LogP contribution in [0.2, 0.25) is 0 Å². The Labute approximate surface area is 127 Å². The first kappa shape index (κ1) is 15.7. The molecular weight excluding hydrogens is 290 g/mol. The molecule has 114 valence electrons. The van der Waals surface area contributed by atoms with Gasteiger partial charge in [0.2, 0.25) is 17.6 Å². The highest BCUT2D eigenvalue weighted by molar-refractivity contribution is 7.08. The lowest BCUT2D eigenvalue weighted by Gasteiger charge is -2.14. The maximum absolute atomic E-state index is 11.7. The Hall–Kier alpha value is -1.73. The molecule has 6 nitrogen and oxygen atoms in total. The molecule has 1 atom stereocenters. The summed E-state index contributed by atoms with van der Waals surface area (Å²) < 4.78 is 5.12. The number of amides is 1. The van der Waals surface area contributed by atoms with E-state index in [0.29, 0.717) is 18.1 Å². The summed E-state index contributed by atoms with van der Waals surface area (Å²) in [5.74, 6) is 0.969. The second kappa shape index (κ2) is 7.33. The maximum Gasteiger partial charge on any atom is 0.227 e. The number of aryl methyl sites for hydroxylation is 1. The molecule has 0 fully saturated rings. The molecule has 0 saturated heterocycles. The second-order valence-corrected chi connectivity index (χ2v) is 5.92. The first-order chi connectivity index (χ1) is 10.1. The van der Waals surface area contributed by atoms with E-state index in [1.165, 1.54) is 0 Å². The van der Waals surface area contributed by atoms with E-state index in [9.17, 15) is 9.90 Å². The fourth-order valence-electron chi connectivity index (χ4n) is 1.63. The summed E-state index contributed by atoms with van der Waals surface area (Å²) in [6.45, 7) is 4.07. The predicted molar refractivity (Wildman–Crippen MR) is 79.8 cm³/mol. The Morgan fingerprint density at radius 3 is 3.00 bits per heavy atom. The van der Waals surface area contributed by atoms with E-state index in [2.05, 4.69) is 15.5 Å². The summed E-state index contributed by atoms with van der Waals surface area (Å²) in [7, 11) is 0. The van der Waals surface area contributed by atoms with Gasteiger partial charge in [-0.3, -0.25) is 4.79 Å². The van der Waals surface area contributed by atoms with E-state index in [0.717, 1.165) is 5.56 Å². The quantitative estimate of drug-likeness (QED) is 0.815. The van der Waals surface area contributed by atoms with Crippen LogP contribution in [-0.4, -0.2) is 33.8 Å². The van der Waals surface area contributed by atoms with Crippen molar-refractivity contribution in [1.82, 2.24) is 15.5 Å². The second-order valence-electron chi connectivity index (χ2n) is 5.14. The van der Waals surface area contributed by atoms with Gasteiger partial charge in [0.25, 0.3) is 0 Å². The minimum atomic E-state index is -0.525. The number of carbonyl (C=O) groups excluding carboxylic acids is 1. The van der Waals surface area contributed by atoms with Crippen molar-refractivity contribution in [2.75, 3.05) is 6.54 Å². The number of hydrogen-bond donors (Lipinski definition) is 2. The molecule has 2 rings (SSSR count). The molecule has 0 aromatic carbocycles. The van der Waals surface area contributed by atoms with Crippen LogP contribution >= 0.6 is 11.3 Å². The Morgan fingerprint density at radius 1 is 1.52 bits per heavy atom. The van der Waals surface area contributed by atoms with Crippen molar-refractivity contribution >= 4 is 17.2 Å². The number of nitrogens with zero attached hydrogens (tertiary/aromatic N) is 2. The first-order valence-corrected chi connectivity index (χ1v) is 7.80. The van der Waals surface area contributed by atoms with Crippen molar-refractivity contribution in [3.63, 3.8) is 0 Å². The van der Waals surface area contributed by atoms with E-state index in [-0.39, 0.29) is 24.8 Å². The molecule has 2 heterocycles. The van der Waals surface area contributed by atoms with Gasteiger partial charge in [-0.15, -0.1) is 0 Å². The van der Waals surface area contributed by atoms with E-state index in [1.807, 2.05) is 30.7 Å². The van der Waals surface area contributed by atoms with Crippen molar-refractivity contribution in [2.45, 2.75) is 32.8 Å². The number of hydrogen-bond acceptors (Lipinski definition) is 6. The Morgan fingerprint density at radius 2 is 2.33 bits per heavy atom. The van der Waals surface area contributed by atoms with Crippen molar-refractivity contribution in [2.24, 2.45) is 5.92 Å². The lowest BCUT2D eigenvalue weighted by Crippen LogP contribution is -2.34. The molecule has 21 heavy (non-hydrogen) atoms. The van der Waals surface area contributed by atoms with Gasteiger partial charge in [0, 0.05) is 30.3 Å². The molecular formula is C14H19N3O3S. The number of carbonyl (C=O) groups is 1. The van der Waals surface area contributed by atoms with E-state index in [1.54, 1.807) is 11.3 Å². The summed E-state index contributed by atoms with van der Waals surface area (Å²) >= 11 is 1.56. The average molecular weight is 309 g/mol. The number of nitrogens with one attached hydrogen (secondary N) is 1. The number of aliphatic hydroxyl groups excluding tert-OH is 1. The molecule has 2 aromatic rings. The largest absolute Gasteiger partial charge is 0.391 e. The molecule has 7 heteroatoms. The van der Waals surface area contributed by atoms with Crippen molar-refractivity contribution in [1.29, 1.82) is 0 Å². The smallest absolute Gasteiger partial charge is 0.227 e. The predicted octanol–water partition coefficient (Wildman–Crippen LogP) is 1.86. The topological polar surface area (TPSA) is 88.2 Å². The zero-order valence-corrected chi connectivity index (χ0v) is 12.9. The van der Waals surface area contributed by atoms with Gasteiger partial charge in [0.05, 0.1) is 6.10 Å². The van der Waals surface area contributed by atoms with Crippen LogP contribution in [-0.2, 0) is 11.2 Å². The van der Waals surface area contributed by atoms with Gasteiger partial charge in [-0.2, -0.15) is 16.3 Å². The zero-order valence-electron chi connectivity index (χ0n) is 12.1. The summed E-state index contributed by atoms with van der Waals surface area (Å²) in [4.78, 5) is 15.9. The molecule has 0 spiro atoms. The van der Waals surface area contributed by atoms with Crippen LogP contribution in [0.5, 0.6) is 0 Å². The van der Waals surface area contributed by atoms with Crippen molar-refractivity contribution in [3.8, 4) is 11.4 Å². The number of aliphatic hydroxyl groups is 1. The average Bonchev–Trinajstić information content (AvgIpc) is 3.12. The third-order valence-electron chi connectivity index (χ3n) is 3.09. The van der Waals surface area contributed by atoms with Gasteiger partial charge in [-0.25, -0.2) is 0 Å². The number of aromatic nitrogens is 2. The summed E-state index contributed by atoms with van der Waals surface area (Å²) in [6.07, 6.45) is 0.124. The van der Waals surface area contributed by atoms with Gasteiger partial charge in [-0.1, -0.05) is 19.0 Å². The molecule has 0 aliphatic heterocycles. The molecule has 0 aliphatic carbocycles. The van der Waals surface area contributed by atoms with Gasteiger partial charge in [-0.05, 0) is 17.4 Å². The lowest BCUT2D eigenvalue weighted by molar-refractivity contribution is -0.121. The molecule has 0 radical (unpaired) electrons.